The Hall–Kier alpha value is -4.04. The fourth-order valence-electron chi connectivity index (χ4n) is 2.05. The molecule has 0 radical (unpaired) electrons. The van der Waals surface area contributed by atoms with Crippen LogP contribution in [0.2, 0.25) is 0 Å². The third-order valence-electron chi connectivity index (χ3n) is 3.38. The summed E-state index contributed by atoms with van der Waals surface area (Å²) in [5.74, 6) is -1.41. The Bertz CT molecular complexity index is 977. The van der Waals surface area contributed by atoms with Gasteiger partial charge in [0.1, 0.15) is 0 Å². The number of thiocarbonyl (C=S) groups is 2. The Morgan fingerprint density at radius 1 is 0.733 bits per heavy atom. The molecule has 0 saturated carbocycles. The van der Waals surface area contributed by atoms with Gasteiger partial charge in [0.2, 0.25) is 0 Å². The maximum Gasteiger partial charge on any atom is 0.270 e. The predicted molar refractivity (Wildman–Crippen MR) is 113 cm³/mol. The molecule has 12 nitrogen and oxygen atoms in total. The summed E-state index contributed by atoms with van der Waals surface area (Å²) in [5, 5.41) is 25.6. The van der Waals surface area contributed by atoms with Crippen molar-refractivity contribution in [3.8, 4) is 0 Å². The van der Waals surface area contributed by atoms with Crippen LogP contribution >= 0.6 is 24.4 Å². The van der Waals surface area contributed by atoms with Gasteiger partial charge in [0.25, 0.3) is 23.2 Å². The molecule has 154 valence electrons. The second-order valence-electron chi connectivity index (χ2n) is 5.43. The molecule has 30 heavy (non-hydrogen) atoms. The highest BCUT2D eigenvalue weighted by atomic mass is 32.1. The van der Waals surface area contributed by atoms with Crippen molar-refractivity contribution in [2.24, 2.45) is 0 Å². The van der Waals surface area contributed by atoms with Gasteiger partial charge in [-0.2, -0.15) is 0 Å². The first-order valence-corrected chi connectivity index (χ1v) is 8.70. The Morgan fingerprint density at radius 2 is 1.10 bits per heavy atom. The highest BCUT2D eigenvalue weighted by Crippen LogP contribution is 2.13. The topological polar surface area (TPSA) is 169 Å². The van der Waals surface area contributed by atoms with Gasteiger partial charge in [-0.25, -0.2) is 0 Å². The number of nitrogens with one attached hydrogen (secondary N) is 4. The van der Waals surface area contributed by atoms with Crippen molar-refractivity contribution in [3.05, 3.63) is 79.9 Å². The molecule has 0 aliphatic rings. The summed E-state index contributed by atoms with van der Waals surface area (Å²) in [6.45, 7) is 0. The molecule has 0 atom stereocenters. The summed E-state index contributed by atoms with van der Waals surface area (Å²) < 4.78 is 0. The number of carbonyl (C=O) groups excluding carboxylic acids is 2. The number of amides is 2. The summed E-state index contributed by atoms with van der Waals surface area (Å²) in [6.07, 6.45) is 0. The van der Waals surface area contributed by atoms with Crippen LogP contribution in [0.1, 0.15) is 20.7 Å². The van der Waals surface area contributed by atoms with E-state index in [0.717, 1.165) is 12.1 Å². The third-order valence-corrected chi connectivity index (χ3v) is 3.79. The van der Waals surface area contributed by atoms with Crippen molar-refractivity contribution in [1.29, 1.82) is 0 Å². The van der Waals surface area contributed by atoms with Crippen molar-refractivity contribution < 1.29 is 19.4 Å². The molecule has 0 saturated heterocycles. The standard InChI is InChI=1S/C16H12N6O6S2/c23-13(9-3-1-5-11(7-9)21(25)26)17-15(29)19-20-16(30)18-14(24)10-4-2-6-12(8-10)22(27)28/h1-8H,(H2,17,19,23,29)(H2,18,20,24,30). The Labute approximate surface area is 178 Å². The second-order valence-corrected chi connectivity index (χ2v) is 6.25. The number of hydrazine groups is 1. The SMILES string of the molecule is O=C(NC(=S)NNC(=S)NC(=O)c1cccc([N+](=O)[O-])c1)c1cccc([N+](=O)[O-])c1. The molecule has 2 aromatic rings. The van der Waals surface area contributed by atoms with Gasteiger partial charge in [-0.15, -0.1) is 0 Å². The molecule has 2 aromatic carbocycles. The predicted octanol–water partition coefficient (Wildman–Crippen LogP) is 1.33. The smallest absolute Gasteiger partial charge is 0.270 e. The number of benzene rings is 2. The first kappa shape index (κ1) is 22.3. The summed E-state index contributed by atoms with van der Waals surface area (Å²) in [4.78, 5) is 44.4. The maximum atomic E-state index is 12.1. The van der Waals surface area contributed by atoms with Gasteiger partial charge in [-0.05, 0) is 36.6 Å². The Kier molecular flexibility index (Phi) is 7.38. The molecule has 0 aromatic heterocycles. The Morgan fingerprint density at radius 3 is 1.43 bits per heavy atom. The van der Waals surface area contributed by atoms with Crippen LogP contribution in [-0.2, 0) is 0 Å². The van der Waals surface area contributed by atoms with E-state index in [1.165, 1.54) is 36.4 Å². The van der Waals surface area contributed by atoms with E-state index in [1.807, 2.05) is 0 Å². The summed E-state index contributed by atoms with van der Waals surface area (Å²) in [5.41, 5.74) is 4.22. The van der Waals surface area contributed by atoms with E-state index in [4.69, 9.17) is 24.4 Å². The monoisotopic (exact) mass is 448 g/mol. The molecular formula is C16H12N6O6S2. The van der Waals surface area contributed by atoms with Crippen molar-refractivity contribution >= 4 is 57.8 Å². The lowest BCUT2D eigenvalue weighted by Gasteiger charge is -2.13. The molecule has 4 N–H and O–H groups in total. The van der Waals surface area contributed by atoms with Gasteiger partial charge in [0.05, 0.1) is 9.85 Å². The van der Waals surface area contributed by atoms with Crippen LogP contribution in [-0.4, -0.2) is 31.9 Å². The molecule has 0 heterocycles. The number of nitro groups is 2. The highest BCUT2D eigenvalue weighted by molar-refractivity contribution is 7.80. The van der Waals surface area contributed by atoms with Crippen LogP contribution in [0.25, 0.3) is 0 Å². The first-order valence-electron chi connectivity index (χ1n) is 7.89. The number of carbonyl (C=O) groups is 2. The fourth-order valence-corrected chi connectivity index (χ4v) is 2.34. The lowest BCUT2D eigenvalue weighted by atomic mass is 10.2. The van der Waals surface area contributed by atoms with E-state index in [0.29, 0.717) is 0 Å². The van der Waals surface area contributed by atoms with Crippen LogP contribution in [0.5, 0.6) is 0 Å². The minimum absolute atomic E-state index is 0.00917. The van der Waals surface area contributed by atoms with Gasteiger partial charge in [0.15, 0.2) is 10.2 Å². The van der Waals surface area contributed by atoms with Gasteiger partial charge < -0.3 is 0 Å². The number of non-ortho nitro benzene ring substituents is 2. The van der Waals surface area contributed by atoms with E-state index in [-0.39, 0.29) is 32.7 Å². The zero-order valence-corrected chi connectivity index (χ0v) is 16.4. The molecule has 0 spiro atoms. The third kappa shape index (κ3) is 6.25. The van der Waals surface area contributed by atoms with Crippen LogP contribution in [0.15, 0.2) is 48.5 Å². The molecule has 2 amide bonds. The van der Waals surface area contributed by atoms with Crippen LogP contribution in [0.3, 0.4) is 0 Å². The molecule has 14 heteroatoms. The van der Waals surface area contributed by atoms with E-state index >= 15 is 0 Å². The normalized spacial score (nSPS) is 9.73. The number of nitro benzene ring substituents is 2. The van der Waals surface area contributed by atoms with E-state index in [9.17, 15) is 29.8 Å². The maximum absolute atomic E-state index is 12.1. The molecular weight excluding hydrogens is 436 g/mol. The van der Waals surface area contributed by atoms with Crippen molar-refractivity contribution in [3.63, 3.8) is 0 Å². The Balaban J connectivity index is 1.86. The van der Waals surface area contributed by atoms with E-state index < -0.39 is 21.7 Å². The lowest BCUT2D eigenvalue weighted by Crippen LogP contribution is -2.52. The van der Waals surface area contributed by atoms with E-state index in [2.05, 4.69) is 21.5 Å². The molecule has 0 bridgehead atoms. The average Bonchev–Trinajstić information content (AvgIpc) is 2.72. The van der Waals surface area contributed by atoms with Crippen molar-refractivity contribution in [2.45, 2.75) is 0 Å². The molecule has 0 aliphatic carbocycles. The van der Waals surface area contributed by atoms with Gasteiger partial charge >= 0.3 is 0 Å². The molecule has 0 unspecified atom stereocenters. The largest absolute Gasteiger partial charge is 0.298 e. The summed E-state index contributed by atoms with van der Waals surface area (Å²) in [7, 11) is 0. The van der Waals surface area contributed by atoms with Crippen LogP contribution in [0.4, 0.5) is 11.4 Å². The van der Waals surface area contributed by atoms with Crippen molar-refractivity contribution in [1.82, 2.24) is 21.5 Å². The van der Waals surface area contributed by atoms with Crippen LogP contribution in [0, 0.1) is 20.2 Å². The zero-order chi connectivity index (χ0) is 22.3. The zero-order valence-electron chi connectivity index (χ0n) is 14.8. The van der Waals surface area contributed by atoms with Gasteiger partial charge in [0, 0.05) is 35.4 Å². The minimum atomic E-state index is -0.704. The van der Waals surface area contributed by atoms with Gasteiger partial charge in [-0.1, -0.05) is 12.1 Å². The molecule has 0 fully saturated rings. The first-order chi connectivity index (χ1) is 14.2. The fraction of sp³-hybridized carbons (Fsp3) is 0. The molecule has 2 rings (SSSR count). The van der Waals surface area contributed by atoms with Gasteiger partial charge in [-0.3, -0.25) is 51.3 Å². The quantitative estimate of drug-likeness (QED) is 0.304. The summed E-state index contributed by atoms with van der Waals surface area (Å²) in [6, 6.07) is 10.0. The number of hydrogen-bond donors (Lipinski definition) is 4. The summed E-state index contributed by atoms with van der Waals surface area (Å²) >= 11 is 9.80. The average molecular weight is 448 g/mol. The number of hydrogen-bond acceptors (Lipinski definition) is 8. The van der Waals surface area contributed by atoms with Crippen LogP contribution < -0.4 is 21.5 Å². The molecule has 0 aliphatic heterocycles. The number of rotatable bonds is 4. The number of nitrogens with zero attached hydrogens (tertiary/aromatic N) is 2. The highest BCUT2D eigenvalue weighted by Gasteiger charge is 2.14. The van der Waals surface area contributed by atoms with E-state index in [1.54, 1.807) is 0 Å². The lowest BCUT2D eigenvalue weighted by molar-refractivity contribution is -0.385. The second kappa shape index (κ2) is 9.94. The minimum Gasteiger partial charge on any atom is -0.298 e. The van der Waals surface area contributed by atoms with Crippen molar-refractivity contribution in [2.75, 3.05) is 0 Å².